The Hall–Kier alpha value is -4.91. The quantitative estimate of drug-likeness (QED) is 0.427. The summed E-state index contributed by atoms with van der Waals surface area (Å²) in [6, 6.07) is 30.4. The van der Waals surface area contributed by atoms with Gasteiger partial charge in [0.2, 0.25) is 0 Å². The molecule has 1 atom stereocenters. The molecule has 5 aromatic rings. The predicted octanol–water partition coefficient (Wildman–Crippen LogP) is 4.12. The molecule has 174 valence electrons. The second-order valence-electron chi connectivity index (χ2n) is 8.49. The van der Waals surface area contributed by atoms with Gasteiger partial charge in [-0.2, -0.15) is 5.10 Å². The minimum Gasteiger partial charge on any atom is -0.323 e. The van der Waals surface area contributed by atoms with Crippen LogP contribution in [0.4, 0.5) is 0 Å². The van der Waals surface area contributed by atoms with Crippen LogP contribution in [0.25, 0.3) is 16.9 Å². The van der Waals surface area contributed by atoms with Crippen LogP contribution in [-0.4, -0.2) is 38.2 Å². The topological polar surface area (TPSA) is 88.7 Å². The van der Waals surface area contributed by atoms with Gasteiger partial charge in [-0.15, -0.1) is 0 Å². The molecule has 0 saturated heterocycles. The van der Waals surface area contributed by atoms with E-state index in [4.69, 9.17) is 4.99 Å². The maximum absolute atomic E-state index is 13.7. The Bertz CT molecular complexity index is 1620. The lowest BCUT2D eigenvalue weighted by Gasteiger charge is -2.14. The van der Waals surface area contributed by atoms with Gasteiger partial charge in [0, 0.05) is 29.3 Å². The molecule has 3 heterocycles. The van der Waals surface area contributed by atoms with Crippen molar-refractivity contribution in [2.24, 2.45) is 4.99 Å². The SMILES string of the molecule is O=C(N[C@H]1N=C(c2ccccc2)c2ccccc2CC1=O)c1c(-c2ccccc2)nc2cccnn12. The van der Waals surface area contributed by atoms with Gasteiger partial charge >= 0.3 is 0 Å². The van der Waals surface area contributed by atoms with Gasteiger partial charge in [-0.3, -0.25) is 14.6 Å². The van der Waals surface area contributed by atoms with Crippen molar-refractivity contribution in [1.29, 1.82) is 0 Å². The van der Waals surface area contributed by atoms with E-state index in [1.807, 2.05) is 84.9 Å². The van der Waals surface area contributed by atoms with Gasteiger partial charge in [0.15, 0.2) is 23.3 Å². The zero-order valence-electron chi connectivity index (χ0n) is 19.2. The summed E-state index contributed by atoms with van der Waals surface area (Å²) in [5.74, 6) is -0.662. The number of nitrogens with one attached hydrogen (secondary N) is 1. The van der Waals surface area contributed by atoms with E-state index in [9.17, 15) is 9.59 Å². The number of nitrogens with zero attached hydrogens (tertiary/aromatic N) is 4. The summed E-state index contributed by atoms with van der Waals surface area (Å²) >= 11 is 0. The van der Waals surface area contributed by atoms with Gasteiger partial charge in [0.05, 0.1) is 5.71 Å². The summed E-state index contributed by atoms with van der Waals surface area (Å²) in [6.45, 7) is 0. The van der Waals surface area contributed by atoms with Gasteiger partial charge in [0.1, 0.15) is 5.69 Å². The van der Waals surface area contributed by atoms with Crippen LogP contribution in [0.5, 0.6) is 0 Å². The summed E-state index contributed by atoms with van der Waals surface area (Å²) in [5.41, 5.74) is 5.36. The lowest BCUT2D eigenvalue weighted by molar-refractivity contribution is -0.120. The van der Waals surface area contributed by atoms with Crippen LogP contribution in [0.1, 0.15) is 27.2 Å². The Morgan fingerprint density at radius 2 is 1.53 bits per heavy atom. The van der Waals surface area contributed by atoms with Crippen molar-refractivity contribution in [1.82, 2.24) is 19.9 Å². The number of aromatic nitrogens is 3. The van der Waals surface area contributed by atoms with Crippen LogP contribution < -0.4 is 5.32 Å². The van der Waals surface area contributed by atoms with Crippen molar-refractivity contribution >= 4 is 23.0 Å². The molecule has 1 aliphatic rings. The van der Waals surface area contributed by atoms with E-state index in [0.717, 1.165) is 22.3 Å². The Morgan fingerprint density at radius 3 is 2.31 bits per heavy atom. The molecule has 0 radical (unpaired) electrons. The third-order valence-electron chi connectivity index (χ3n) is 6.17. The molecule has 6 rings (SSSR count). The number of rotatable bonds is 4. The standard InChI is InChI=1S/C29H21N5O2/c35-23-18-21-14-7-8-15-22(21)25(19-10-3-1-4-11-19)32-28(23)33-29(36)27-26(20-12-5-2-6-13-20)31-24-16-9-17-30-34(24)27/h1-17,28H,18H2,(H,33,36)/t28-/m1/s1. The number of carbonyl (C=O) groups is 2. The number of Topliss-reactive ketones (excluding diaryl/α,β-unsaturated/α-hetero) is 1. The Morgan fingerprint density at radius 1 is 0.833 bits per heavy atom. The molecule has 0 fully saturated rings. The maximum Gasteiger partial charge on any atom is 0.274 e. The van der Waals surface area contributed by atoms with Gasteiger partial charge in [-0.05, 0) is 17.7 Å². The van der Waals surface area contributed by atoms with Crippen molar-refractivity contribution < 1.29 is 9.59 Å². The molecule has 36 heavy (non-hydrogen) atoms. The number of hydrogen-bond donors (Lipinski definition) is 1. The summed E-state index contributed by atoms with van der Waals surface area (Å²) in [4.78, 5) is 36.5. The third kappa shape index (κ3) is 3.86. The highest BCUT2D eigenvalue weighted by Crippen LogP contribution is 2.25. The maximum atomic E-state index is 13.7. The smallest absolute Gasteiger partial charge is 0.274 e. The molecule has 0 bridgehead atoms. The third-order valence-corrected chi connectivity index (χ3v) is 6.17. The highest BCUT2D eigenvalue weighted by Gasteiger charge is 2.30. The number of fused-ring (bicyclic) bond motifs is 2. The molecule has 1 aliphatic heterocycles. The monoisotopic (exact) mass is 471 g/mol. The second kappa shape index (κ2) is 9.03. The van der Waals surface area contributed by atoms with Crippen molar-refractivity contribution in [3.8, 4) is 11.3 Å². The van der Waals surface area contributed by atoms with E-state index in [2.05, 4.69) is 15.4 Å². The molecule has 3 aromatic carbocycles. The first-order chi connectivity index (χ1) is 17.7. The molecular weight excluding hydrogens is 450 g/mol. The molecule has 0 aliphatic carbocycles. The Balaban J connectivity index is 1.44. The predicted molar refractivity (Wildman–Crippen MR) is 137 cm³/mol. The summed E-state index contributed by atoms with van der Waals surface area (Å²) in [7, 11) is 0. The van der Waals surface area contributed by atoms with Crippen LogP contribution in [0.15, 0.2) is 108 Å². The number of ketones is 1. The number of imidazole rings is 1. The fourth-order valence-electron chi connectivity index (χ4n) is 4.48. The highest BCUT2D eigenvalue weighted by molar-refractivity contribution is 6.16. The number of hydrogen-bond acceptors (Lipinski definition) is 5. The van der Waals surface area contributed by atoms with E-state index >= 15 is 0 Å². The molecule has 0 spiro atoms. The fraction of sp³-hybridized carbons (Fsp3) is 0.0690. The number of aliphatic imine (C=N–C) groups is 1. The van der Waals surface area contributed by atoms with Gasteiger partial charge in [-0.25, -0.2) is 9.50 Å². The number of carbonyl (C=O) groups excluding carboxylic acids is 2. The highest BCUT2D eigenvalue weighted by atomic mass is 16.2. The molecule has 2 aromatic heterocycles. The van der Waals surface area contributed by atoms with E-state index < -0.39 is 12.1 Å². The average Bonchev–Trinajstić information content (AvgIpc) is 3.26. The Labute approximate surface area is 207 Å². The summed E-state index contributed by atoms with van der Waals surface area (Å²) < 4.78 is 1.50. The zero-order chi connectivity index (χ0) is 24.5. The normalized spacial score (nSPS) is 15.2. The molecule has 7 nitrogen and oxygen atoms in total. The summed E-state index contributed by atoms with van der Waals surface area (Å²) in [6.07, 6.45) is 0.704. The number of benzene rings is 3. The van der Waals surface area contributed by atoms with Crippen LogP contribution in [0, 0.1) is 0 Å². The first-order valence-electron chi connectivity index (χ1n) is 11.6. The van der Waals surface area contributed by atoms with E-state index in [1.165, 1.54) is 4.52 Å². The van der Waals surface area contributed by atoms with Crippen molar-refractivity contribution in [3.63, 3.8) is 0 Å². The average molecular weight is 472 g/mol. The molecule has 7 heteroatoms. The fourth-order valence-corrected chi connectivity index (χ4v) is 4.48. The number of amides is 1. The lowest BCUT2D eigenvalue weighted by Crippen LogP contribution is -2.41. The van der Waals surface area contributed by atoms with Crippen molar-refractivity contribution in [2.45, 2.75) is 12.6 Å². The van der Waals surface area contributed by atoms with Crippen molar-refractivity contribution in [2.75, 3.05) is 0 Å². The molecule has 1 N–H and O–H groups in total. The zero-order valence-corrected chi connectivity index (χ0v) is 19.2. The second-order valence-corrected chi connectivity index (χ2v) is 8.49. The largest absolute Gasteiger partial charge is 0.323 e. The minimum absolute atomic E-state index is 0.165. The van der Waals surface area contributed by atoms with Crippen molar-refractivity contribution in [3.05, 3.63) is 126 Å². The summed E-state index contributed by atoms with van der Waals surface area (Å²) in [5, 5.41) is 7.22. The minimum atomic E-state index is -1.06. The van der Waals surface area contributed by atoms with Crippen LogP contribution in [0.2, 0.25) is 0 Å². The first-order valence-corrected chi connectivity index (χ1v) is 11.6. The van der Waals surface area contributed by atoms with E-state index in [1.54, 1.807) is 18.3 Å². The molecule has 1 amide bonds. The van der Waals surface area contributed by atoms with Crippen LogP contribution in [0.3, 0.4) is 0 Å². The molecule has 0 unspecified atom stereocenters. The van der Waals surface area contributed by atoms with Gasteiger partial charge < -0.3 is 5.32 Å². The van der Waals surface area contributed by atoms with Crippen LogP contribution in [-0.2, 0) is 11.2 Å². The Kier molecular flexibility index (Phi) is 5.42. The van der Waals surface area contributed by atoms with E-state index in [-0.39, 0.29) is 17.9 Å². The molecular formula is C29H21N5O2. The molecule has 0 saturated carbocycles. The lowest BCUT2D eigenvalue weighted by atomic mass is 9.96. The first kappa shape index (κ1) is 21.6. The van der Waals surface area contributed by atoms with Gasteiger partial charge in [-0.1, -0.05) is 84.9 Å². The van der Waals surface area contributed by atoms with E-state index in [0.29, 0.717) is 17.1 Å². The van der Waals surface area contributed by atoms with Gasteiger partial charge in [0.25, 0.3) is 5.91 Å². The van der Waals surface area contributed by atoms with Crippen LogP contribution >= 0.6 is 0 Å².